The molecule has 20 heavy (non-hydrogen) atoms. The van der Waals surface area contributed by atoms with Crippen LogP contribution in [0, 0.1) is 23.1 Å². The van der Waals surface area contributed by atoms with E-state index in [4.69, 9.17) is 22.0 Å². The van der Waals surface area contributed by atoms with Gasteiger partial charge < -0.3 is 10.2 Å². The molecule has 2 atom stereocenters. The number of halogens is 2. The van der Waals surface area contributed by atoms with Crippen molar-refractivity contribution in [2.24, 2.45) is 5.92 Å². The number of hydrogen-bond acceptors (Lipinski definition) is 4. The van der Waals surface area contributed by atoms with Crippen molar-refractivity contribution in [2.45, 2.75) is 12.5 Å². The Morgan fingerprint density at radius 2 is 2.30 bits per heavy atom. The van der Waals surface area contributed by atoms with Gasteiger partial charge in [-0.15, -0.1) is 0 Å². The molecule has 0 bridgehead atoms. The Morgan fingerprint density at radius 3 is 2.90 bits per heavy atom. The molecule has 0 radical (unpaired) electrons. The summed E-state index contributed by atoms with van der Waals surface area (Å²) in [5.41, 5.74) is 0.918. The molecule has 1 heterocycles. The van der Waals surface area contributed by atoms with Crippen LogP contribution in [-0.2, 0) is 0 Å². The van der Waals surface area contributed by atoms with Crippen molar-refractivity contribution in [2.75, 3.05) is 6.61 Å². The molecule has 0 amide bonds. The van der Waals surface area contributed by atoms with Crippen LogP contribution >= 0.6 is 11.6 Å². The minimum absolute atomic E-state index is 0.0233. The first-order chi connectivity index (χ1) is 9.58. The summed E-state index contributed by atoms with van der Waals surface area (Å²) in [6.07, 6.45) is 4.75. The molecule has 2 N–H and O–H groups in total. The van der Waals surface area contributed by atoms with Gasteiger partial charge >= 0.3 is 0 Å². The molecule has 0 aliphatic heterocycles. The Labute approximate surface area is 120 Å². The minimum atomic E-state index is -1.34. The van der Waals surface area contributed by atoms with Gasteiger partial charge in [0, 0.05) is 22.4 Å². The summed E-state index contributed by atoms with van der Waals surface area (Å²) in [5, 5.41) is 28.0. The van der Waals surface area contributed by atoms with Crippen molar-refractivity contribution in [3.8, 4) is 6.07 Å². The lowest BCUT2D eigenvalue weighted by molar-refractivity contribution is 0.0923. The van der Waals surface area contributed by atoms with E-state index in [0.29, 0.717) is 22.6 Å². The molecule has 0 saturated heterocycles. The summed E-state index contributed by atoms with van der Waals surface area (Å²) in [7, 11) is 0. The molecule has 104 valence electrons. The van der Waals surface area contributed by atoms with Gasteiger partial charge in [0.2, 0.25) is 0 Å². The number of rotatable bonds is 3. The van der Waals surface area contributed by atoms with E-state index in [-0.39, 0.29) is 5.56 Å². The van der Waals surface area contributed by atoms with E-state index in [1.54, 1.807) is 12.2 Å². The zero-order valence-electron chi connectivity index (χ0n) is 10.4. The zero-order valence-corrected chi connectivity index (χ0v) is 11.2. The largest absolute Gasteiger partial charge is 0.393 e. The molecule has 0 fully saturated rings. The lowest BCUT2D eigenvalue weighted by atomic mass is 9.91. The highest BCUT2D eigenvalue weighted by Gasteiger charge is 2.22. The molecule has 6 heteroatoms. The third-order valence-corrected chi connectivity index (χ3v) is 3.48. The zero-order chi connectivity index (χ0) is 14.7. The molecule has 1 aliphatic carbocycles. The Balaban J connectivity index is 2.48. The van der Waals surface area contributed by atoms with E-state index in [0.717, 1.165) is 6.20 Å². The number of allylic oxidation sites excluding steroid dienone is 4. The molecule has 1 aliphatic rings. The second kappa shape index (κ2) is 6.14. The lowest BCUT2D eigenvalue weighted by Crippen LogP contribution is -2.10. The van der Waals surface area contributed by atoms with Crippen molar-refractivity contribution in [3.05, 3.63) is 46.5 Å². The van der Waals surface area contributed by atoms with Gasteiger partial charge in [0.15, 0.2) is 0 Å². The van der Waals surface area contributed by atoms with Crippen LogP contribution in [0.4, 0.5) is 4.39 Å². The molecule has 1 aromatic rings. The Hall–Kier alpha value is -1.74. The number of nitriles is 1. The first-order valence-electron chi connectivity index (χ1n) is 5.98. The topological polar surface area (TPSA) is 77.1 Å². The van der Waals surface area contributed by atoms with Crippen LogP contribution in [0.5, 0.6) is 0 Å². The predicted octanol–water partition coefficient (Wildman–Crippen LogP) is 2.30. The summed E-state index contributed by atoms with van der Waals surface area (Å²) in [6.45, 7) is -0.598. The van der Waals surface area contributed by atoms with Crippen LogP contribution in [0.2, 0.25) is 0 Å². The highest BCUT2D eigenvalue weighted by Crippen LogP contribution is 2.34. The maximum Gasteiger partial charge on any atom is 0.147 e. The molecule has 2 unspecified atom stereocenters. The van der Waals surface area contributed by atoms with Crippen molar-refractivity contribution >= 4 is 17.2 Å². The fourth-order valence-corrected chi connectivity index (χ4v) is 2.33. The summed E-state index contributed by atoms with van der Waals surface area (Å²) >= 11 is 6.00. The van der Waals surface area contributed by atoms with Crippen LogP contribution in [0.15, 0.2) is 29.6 Å². The van der Waals surface area contributed by atoms with E-state index in [1.165, 1.54) is 6.20 Å². The summed E-state index contributed by atoms with van der Waals surface area (Å²) in [5.74, 6) is -1.11. The Morgan fingerprint density at radius 1 is 1.55 bits per heavy atom. The molecule has 0 spiro atoms. The van der Waals surface area contributed by atoms with Gasteiger partial charge in [0.25, 0.3) is 0 Å². The maximum absolute atomic E-state index is 13.8. The van der Waals surface area contributed by atoms with E-state index >= 15 is 0 Å². The molecule has 4 nitrogen and oxygen atoms in total. The highest BCUT2D eigenvalue weighted by molar-refractivity contribution is 6.31. The van der Waals surface area contributed by atoms with Crippen LogP contribution in [0.3, 0.4) is 0 Å². The van der Waals surface area contributed by atoms with Gasteiger partial charge in [0.05, 0.1) is 24.8 Å². The molecular weight excluding hydrogens is 283 g/mol. The average Bonchev–Trinajstić information content (AvgIpc) is 2.46. The van der Waals surface area contributed by atoms with Crippen molar-refractivity contribution in [3.63, 3.8) is 0 Å². The lowest BCUT2D eigenvalue weighted by Gasteiger charge is -2.18. The van der Waals surface area contributed by atoms with Crippen molar-refractivity contribution in [1.82, 2.24) is 4.98 Å². The van der Waals surface area contributed by atoms with E-state index in [2.05, 4.69) is 11.1 Å². The monoisotopic (exact) mass is 294 g/mol. The minimum Gasteiger partial charge on any atom is -0.393 e. The average molecular weight is 295 g/mol. The van der Waals surface area contributed by atoms with E-state index in [9.17, 15) is 9.50 Å². The maximum atomic E-state index is 13.8. The fourth-order valence-electron chi connectivity index (χ4n) is 2.07. The molecule has 1 aromatic heterocycles. The SMILES string of the molecule is N#CC1CC=C(c2cncc(F)c2C(O)CO)C=C1Cl. The van der Waals surface area contributed by atoms with Crippen LogP contribution in [0.1, 0.15) is 23.7 Å². The van der Waals surface area contributed by atoms with Crippen molar-refractivity contribution in [1.29, 1.82) is 5.26 Å². The number of hydrogen-bond donors (Lipinski definition) is 2. The number of aliphatic hydroxyl groups excluding tert-OH is 2. The number of aliphatic hydroxyl groups is 2. The smallest absolute Gasteiger partial charge is 0.147 e. The Kier molecular flexibility index (Phi) is 4.50. The van der Waals surface area contributed by atoms with Crippen LogP contribution in [0.25, 0.3) is 5.57 Å². The quantitative estimate of drug-likeness (QED) is 0.897. The second-order valence-corrected chi connectivity index (χ2v) is 4.82. The first kappa shape index (κ1) is 14.7. The van der Waals surface area contributed by atoms with E-state index < -0.39 is 24.4 Å². The van der Waals surface area contributed by atoms with Crippen LogP contribution < -0.4 is 0 Å². The van der Waals surface area contributed by atoms with Crippen LogP contribution in [-0.4, -0.2) is 21.8 Å². The summed E-state index contributed by atoms with van der Waals surface area (Å²) in [6, 6.07) is 2.06. The van der Waals surface area contributed by atoms with E-state index in [1.807, 2.05) is 0 Å². The van der Waals surface area contributed by atoms with Gasteiger partial charge in [0.1, 0.15) is 11.9 Å². The van der Waals surface area contributed by atoms with Gasteiger partial charge in [-0.2, -0.15) is 5.26 Å². The first-order valence-corrected chi connectivity index (χ1v) is 6.35. The Bertz CT molecular complexity index is 622. The van der Waals surface area contributed by atoms with Gasteiger partial charge in [-0.05, 0) is 18.1 Å². The second-order valence-electron chi connectivity index (χ2n) is 4.39. The molecule has 2 rings (SSSR count). The summed E-state index contributed by atoms with van der Waals surface area (Å²) < 4.78 is 13.8. The molecular formula is C14H12ClFN2O2. The van der Waals surface area contributed by atoms with Gasteiger partial charge in [-0.1, -0.05) is 17.7 Å². The third kappa shape index (κ3) is 2.73. The normalized spacial score (nSPS) is 19.9. The van der Waals surface area contributed by atoms with Gasteiger partial charge in [-0.25, -0.2) is 4.39 Å². The standard InChI is InChI=1S/C14H12ClFN2O2/c15-11-3-8(1-2-9(11)4-17)10-5-18-6-12(16)14(10)13(20)7-19/h1,3,5-6,9,13,19-20H,2,7H2. The molecule has 0 aromatic carbocycles. The highest BCUT2D eigenvalue weighted by atomic mass is 35.5. The van der Waals surface area contributed by atoms with Crippen molar-refractivity contribution < 1.29 is 14.6 Å². The van der Waals surface area contributed by atoms with Gasteiger partial charge in [-0.3, -0.25) is 4.98 Å². The molecule has 0 saturated carbocycles. The fraction of sp³-hybridized carbons (Fsp3) is 0.286. The predicted molar refractivity (Wildman–Crippen MR) is 71.9 cm³/mol. The third-order valence-electron chi connectivity index (χ3n) is 3.11. The number of aromatic nitrogens is 1. The summed E-state index contributed by atoms with van der Waals surface area (Å²) in [4.78, 5) is 3.76. The number of pyridine rings is 1. The number of nitrogens with zero attached hydrogens (tertiary/aromatic N) is 2.